The number of likely N-dealkylation sites (tertiary alicyclic amines) is 1. The lowest BCUT2D eigenvalue weighted by Gasteiger charge is -2.34. The van der Waals surface area contributed by atoms with E-state index in [0.717, 1.165) is 25.1 Å². The zero-order valence-electron chi connectivity index (χ0n) is 9.87. The number of benzene rings is 1. The van der Waals surface area contributed by atoms with Crippen LogP contribution >= 0.6 is 15.9 Å². The molecule has 94 valence electrons. The number of hydrogen-bond donors (Lipinski definition) is 1. The molecule has 0 saturated carbocycles. The lowest BCUT2D eigenvalue weighted by molar-refractivity contribution is 0.0259. The van der Waals surface area contributed by atoms with Crippen LogP contribution in [0.3, 0.4) is 0 Å². The molecule has 0 amide bonds. The molecule has 17 heavy (non-hydrogen) atoms. The van der Waals surface area contributed by atoms with E-state index in [4.69, 9.17) is 0 Å². The van der Waals surface area contributed by atoms with Gasteiger partial charge in [0.1, 0.15) is 5.82 Å². The van der Waals surface area contributed by atoms with Gasteiger partial charge in [0.2, 0.25) is 0 Å². The summed E-state index contributed by atoms with van der Waals surface area (Å²) in [5.74, 6) is 0.146. The summed E-state index contributed by atoms with van der Waals surface area (Å²) in [5.41, 5.74) is 1.07. The van der Waals surface area contributed by atoms with Crippen molar-refractivity contribution in [3.05, 3.63) is 34.1 Å². The average Bonchev–Trinajstić information content (AvgIpc) is 2.29. The van der Waals surface area contributed by atoms with E-state index < -0.39 is 0 Å². The number of hydrogen-bond acceptors (Lipinski definition) is 2. The van der Waals surface area contributed by atoms with Gasteiger partial charge in [-0.05, 0) is 52.5 Å². The first-order chi connectivity index (χ1) is 8.06. The third-order valence-electron chi connectivity index (χ3n) is 3.39. The van der Waals surface area contributed by atoms with Crippen LogP contribution in [0.25, 0.3) is 0 Å². The smallest absolute Gasteiger partial charge is 0.137 e. The maximum absolute atomic E-state index is 13.1. The third kappa shape index (κ3) is 3.27. The summed E-state index contributed by atoms with van der Waals surface area (Å²) < 4.78 is 13.6. The Morgan fingerprint density at radius 1 is 1.53 bits per heavy atom. The highest BCUT2D eigenvalue weighted by Crippen LogP contribution is 2.21. The van der Waals surface area contributed by atoms with Crippen molar-refractivity contribution < 1.29 is 9.50 Å². The maximum atomic E-state index is 13.1. The van der Waals surface area contributed by atoms with E-state index in [2.05, 4.69) is 27.8 Å². The maximum Gasteiger partial charge on any atom is 0.137 e. The average molecular weight is 302 g/mol. The van der Waals surface area contributed by atoms with Gasteiger partial charge >= 0.3 is 0 Å². The molecule has 2 nitrogen and oxygen atoms in total. The van der Waals surface area contributed by atoms with E-state index in [9.17, 15) is 9.50 Å². The fourth-order valence-electron chi connectivity index (χ4n) is 2.15. The van der Waals surface area contributed by atoms with E-state index >= 15 is 0 Å². The summed E-state index contributed by atoms with van der Waals surface area (Å²) >= 11 is 3.19. The van der Waals surface area contributed by atoms with Gasteiger partial charge < -0.3 is 5.11 Å². The normalized spacial score (nSPS) is 26.1. The second kappa shape index (κ2) is 5.46. The predicted octanol–water partition coefficient (Wildman–Crippen LogP) is 2.79. The van der Waals surface area contributed by atoms with Crippen LogP contribution in [0.5, 0.6) is 0 Å². The molecule has 2 atom stereocenters. The Morgan fingerprint density at radius 3 is 2.94 bits per heavy atom. The Balaban J connectivity index is 1.99. The van der Waals surface area contributed by atoms with Crippen LogP contribution in [-0.2, 0) is 6.54 Å². The summed E-state index contributed by atoms with van der Waals surface area (Å²) in [6, 6.07) is 5.08. The minimum atomic E-state index is -0.243. The largest absolute Gasteiger partial charge is 0.392 e. The van der Waals surface area contributed by atoms with Crippen molar-refractivity contribution in [2.24, 2.45) is 5.92 Å². The SMILES string of the molecule is CC1CCN(Cc2ccc(F)c(Br)c2)CC1O. The van der Waals surface area contributed by atoms with Gasteiger partial charge in [-0.25, -0.2) is 4.39 Å². The molecule has 1 saturated heterocycles. The Morgan fingerprint density at radius 2 is 2.29 bits per heavy atom. The Labute approximate surface area is 110 Å². The van der Waals surface area contributed by atoms with Gasteiger partial charge in [-0.3, -0.25) is 4.90 Å². The van der Waals surface area contributed by atoms with E-state index in [1.165, 1.54) is 6.07 Å². The number of β-amino-alcohol motifs (C(OH)–C–C–N with tert-alkyl or cyclic N) is 1. The summed E-state index contributed by atoms with van der Waals surface area (Å²) in [7, 11) is 0. The van der Waals surface area contributed by atoms with Crippen molar-refractivity contribution in [2.75, 3.05) is 13.1 Å². The molecule has 2 rings (SSSR count). The van der Waals surface area contributed by atoms with Crippen molar-refractivity contribution in [3.63, 3.8) is 0 Å². The van der Waals surface area contributed by atoms with E-state index in [1.54, 1.807) is 12.1 Å². The van der Waals surface area contributed by atoms with Crippen molar-refractivity contribution >= 4 is 15.9 Å². The molecule has 0 radical (unpaired) electrons. The van der Waals surface area contributed by atoms with Crippen LogP contribution in [0.4, 0.5) is 4.39 Å². The second-order valence-corrected chi connectivity index (χ2v) is 5.67. The van der Waals surface area contributed by atoms with Crippen molar-refractivity contribution in [3.8, 4) is 0 Å². The lowest BCUT2D eigenvalue weighted by Crippen LogP contribution is -2.42. The monoisotopic (exact) mass is 301 g/mol. The molecule has 1 N–H and O–H groups in total. The standard InChI is InChI=1S/C13H17BrFNO/c1-9-4-5-16(8-13(9)17)7-10-2-3-12(15)11(14)6-10/h2-3,6,9,13,17H,4-5,7-8H2,1H3. The molecule has 1 aliphatic heterocycles. The molecule has 1 aliphatic rings. The van der Waals surface area contributed by atoms with Crippen LogP contribution in [-0.4, -0.2) is 29.2 Å². The summed E-state index contributed by atoms with van der Waals surface area (Å²) in [4.78, 5) is 2.21. The lowest BCUT2D eigenvalue weighted by atomic mass is 9.96. The highest BCUT2D eigenvalue weighted by atomic mass is 79.9. The van der Waals surface area contributed by atoms with Gasteiger partial charge in [-0.2, -0.15) is 0 Å². The summed E-state index contributed by atoms with van der Waals surface area (Å²) in [6.45, 7) is 4.54. The molecule has 1 heterocycles. The predicted molar refractivity (Wildman–Crippen MR) is 69.2 cm³/mol. The van der Waals surface area contributed by atoms with Crippen LogP contribution in [0.2, 0.25) is 0 Å². The number of nitrogens with zero attached hydrogens (tertiary/aromatic N) is 1. The van der Waals surface area contributed by atoms with Gasteiger partial charge in [0.05, 0.1) is 10.6 Å². The van der Waals surface area contributed by atoms with Crippen LogP contribution in [0, 0.1) is 11.7 Å². The van der Waals surface area contributed by atoms with Crippen molar-refractivity contribution in [1.82, 2.24) is 4.90 Å². The van der Waals surface area contributed by atoms with Crippen LogP contribution in [0.15, 0.2) is 22.7 Å². The van der Waals surface area contributed by atoms with E-state index in [0.29, 0.717) is 16.9 Å². The number of piperidine rings is 1. The number of halogens is 2. The zero-order chi connectivity index (χ0) is 12.4. The highest BCUT2D eigenvalue weighted by molar-refractivity contribution is 9.10. The van der Waals surface area contributed by atoms with Gasteiger partial charge in [0.25, 0.3) is 0 Å². The molecule has 0 bridgehead atoms. The minimum Gasteiger partial charge on any atom is -0.392 e. The fourth-order valence-corrected chi connectivity index (χ4v) is 2.58. The molecule has 1 aromatic carbocycles. The molecule has 1 aromatic rings. The van der Waals surface area contributed by atoms with Crippen molar-refractivity contribution in [1.29, 1.82) is 0 Å². The van der Waals surface area contributed by atoms with Crippen LogP contribution < -0.4 is 0 Å². The first-order valence-corrected chi connectivity index (χ1v) is 6.70. The van der Waals surface area contributed by atoms with Gasteiger partial charge in [0.15, 0.2) is 0 Å². The minimum absolute atomic E-state index is 0.235. The molecular formula is C13H17BrFNO. The molecule has 0 aromatic heterocycles. The first kappa shape index (κ1) is 13.0. The molecular weight excluding hydrogens is 285 g/mol. The summed E-state index contributed by atoms with van der Waals surface area (Å²) in [6.07, 6.45) is 0.774. The van der Waals surface area contributed by atoms with Gasteiger partial charge in [0, 0.05) is 13.1 Å². The summed E-state index contributed by atoms with van der Waals surface area (Å²) in [5, 5.41) is 9.81. The number of rotatable bonds is 2. The molecule has 2 unspecified atom stereocenters. The molecule has 0 spiro atoms. The first-order valence-electron chi connectivity index (χ1n) is 5.90. The quantitative estimate of drug-likeness (QED) is 0.908. The zero-order valence-corrected chi connectivity index (χ0v) is 11.5. The molecule has 0 aliphatic carbocycles. The highest BCUT2D eigenvalue weighted by Gasteiger charge is 2.24. The van der Waals surface area contributed by atoms with E-state index in [1.807, 2.05) is 0 Å². The number of aliphatic hydroxyl groups excluding tert-OH is 1. The second-order valence-electron chi connectivity index (χ2n) is 4.82. The topological polar surface area (TPSA) is 23.5 Å². The third-order valence-corrected chi connectivity index (χ3v) is 4.00. The van der Waals surface area contributed by atoms with Crippen LogP contribution in [0.1, 0.15) is 18.9 Å². The fraction of sp³-hybridized carbons (Fsp3) is 0.538. The Bertz CT molecular complexity index is 399. The van der Waals surface area contributed by atoms with Gasteiger partial charge in [-0.15, -0.1) is 0 Å². The Kier molecular flexibility index (Phi) is 4.17. The Hall–Kier alpha value is -0.450. The molecule has 4 heteroatoms. The number of aliphatic hydroxyl groups is 1. The van der Waals surface area contributed by atoms with Crippen molar-refractivity contribution in [2.45, 2.75) is 26.0 Å². The van der Waals surface area contributed by atoms with Gasteiger partial charge in [-0.1, -0.05) is 13.0 Å². The van der Waals surface area contributed by atoms with E-state index in [-0.39, 0.29) is 11.9 Å². The molecule has 1 fully saturated rings.